The van der Waals surface area contributed by atoms with Gasteiger partial charge in [-0.15, -0.1) is 0 Å². The fraction of sp³-hybridized carbons (Fsp3) is 0.333. The average molecular weight is 283 g/mol. The molecule has 0 fully saturated rings. The molecule has 0 aromatic heterocycles. The topological polar surface area (TPSA) is 62.1 Å². The Morgan fingerprint density at radius 1 is 1.05 bits per heavy atom. The number of halogens is 3. The molecule has 0 N–H and O–H groups in total. The van der Waals surface area contributed by atoms with Crippen molar-refractivity contribution in [1.29, 1.82) is 0 Å². The van der Waals surface area contributed by atoms with Crippen LogP contribution in [0.2, 0.25) is 0 Å². The van der Waals surface area contributed by atoms with Crippen LogP contribution < -0.4 is 0 Å². The molecule has 104 valence electrons. The van der Waals surface area contributed by atoms with Crippen LogP contribution in [-0.4, -0.2) is 35.1 Å². The molecule has 1 aromatic rings. The molecule has 2 aliphatic heterocycles. The molecule has 0 saturated heterocycles. The van der Waals surface area contributed by atoms with Gasteiger partial charge >= 0.3 is 6.18 Å². The Kier molecular flexibility index (Phi) is 2.63. The summed E-state index contributed by atoms with van der Waals surface area (Å²) in [6, 6.07) is 4.13. The lowest BCUT2D eigenvalue weighted by Gasteiger charge is -2.19. The highest BCUT2D eigenvalue weighted by Gasteiger charge is 2.49. The first-order valence-corrected chi connectivity index (χ1v) is 5.83. The fourth-order valence-electron chi connectivity index (χ4n) is 2.29. The monoisotopic (exact) mass is 283 g/mol. The predicted molar refractivity (Wildman–Crippen MR) is 60.0 cm³/mol. The second-order valence-corrected chi connectivity index (χ2v) is 4.53. The Morgan fingerprint density at radius 2 is 1.60 bits per heavy atom. The van der Waals surface area contributed by atoms with Crippen LogP contribution in [0.3, 0.4) is 0 Å². The highest BCUT2D eigenvalue weighted by Crippen LogP contribution is 2.35. The molecule has 2 heterocycles. The summed E-state index contributed by atoms with van der Waals surface area (Å²) in [6.45, 7) is 0. The van der Waals surface area contributed by atoms with Gasteiger partial charge in [0.05, 0.1) is 11.1 Å². The third-order valence-electron chi connectivity index (χ3n) is 3.27. The summed E-state index contributed by atoms with van der Waals surface area (Å²) in [7, 11) is 0. The Bertz CT molecular complexity index is 592. The number of rotatable bonds is 1. The minimum Gasteiger partial charge on any atom is -0.268 e. The van der Waals surface area contributed by atoms with E-state index in [0.717, 1.165) is 4.90 Å². The van der Waals surface area contributed by atoms with Crippen molar-refractivity contribution >= 4 is 11.8 Å². The van der Waals surface area contributed by atoms with Gasteiger partial charge in [-0.2, -0.15) is 23.4 Å². The van der Waals surface area contributed by atoms with Crippen LogP contribution in [0.4, 0.5) is 13.2 Å². The second-order valence-electron chi connectivity index (χ2n) is 4.53. The molecule has 2 atom stereocenters. The zero-order valence-electron chi connectivity index (χ0n) is 9.96. The minimum absolute atomic E-state index is 0.183. The van der Waals surface area contributed by atoms with Gasteiger partial charge in [0.2, 0.25) is 0 Å². The van der Waals surface area contributed by atoms with Crippen LogP contribution in [-0.2, 0) is 0 Å². The van der Waals surface area contributed by atoms with E-state index in [2.05, 4.69) is 10.2 Å². The van der Waals surface area contributed by atoms with Gasteiger partial charge in [0, 0.05) is 6.42 Å². The Balaban J connectivity index is 1.87. The first-order chi connectivity index (χ1) is 9.39. The van der Waals surface area contributed by atoms with E-state index in [9.17, 15) is 22.8 Å². The van der Waals surface area contributed by atoms with E-state index in [4.69, 9.17) is 0 Å². The van der Waals surface area contributed by atoms with Gasteiger partial charge in [-0.05, 0) is 12.1 Å². The third kappa shape index (κ3) is 1.79. The minimum atomic E-state index is -4.52. The molecular weight excluding hydrogens is 275 g/mol. The molecule has 8 heteroatoms. The van der Waals surface area contributed by atoms with E-state index in [-0.39, 0.29) is 11.1 Å². The smallest absolute Gasteiger partial charge is 0.268 e. The summed E-state index contributed by atoms with van der Waals surface area (Å²) in [4.78, 5) is 24.9. The number of hydrogen-bond donors (Lipinski definition) is 0. The molecule has 3 rings (SSSR count). The molecule has 2 aliphatic rings. The van der Waals surface area contributed by atoms with Gasteiger partial charge in [0.15, 0.2) is 12.2 Å². The van der Waals surface area contributed by atoms with Crippen molar-refractivity contribution in [2.24, 2.45) is 10.2 Å². The van der Waals surface area contributed by atoms with E-state index in [0.29, 0.717) is 0 Å². The maximum atomic E-state index is 12.5. The van der Waals surface area contributed by atoms with Crippen molar-refractivity contribution in [2.45, 2.75) is 24.8 Å². The normalized spacial score (nSPS) is 25.4. The van der Waals surface area contributed by atoms with E-state index in [1.54, 1.807) is 12.1 Å². The van der Waals surface area contributed by atoms with Crippen molar-refractivity contribution in [1.82, 2.24) is 4.90 Å². The molecule has 0 spiro atoms. The average Bonchev–Trinajstić information content (AvgIpc) is 2.95. The molecule has 2 amide bonds. The van der Waals surface area contributed by atoms with Gasteiger partial charge in [-0.25, -0.2) is 4.90 Å². The molecular formula is C12H8F3N3O2. The number of imide groups is 1. The Hall–Kier alpha value is -2.25. The zero-order valence-corrected chi connectivity index (χ0v) is 9.96. The molecule has 0 saturated carbocycles. The lowest BCUT2D eigenvalue weighted by atomic mass is 10.1. The number of fused-ring (bicyclic) bond motifs is 1. The molecule has 0 unspecified atom stereocenters. The number of benzene rings is 1. The van der Waals surface area contributed by atoms with Crippen LogP contribution in [0, 0.1) is 0 Å². The van der Waals surface area contributed by atoms with E-state index < -0.39 is 36.6 Å². The summed E-state index contributed by atoms with van der Waals surface area (Å²) in [5.41, 5.74) is 0.367. The second kappa shape index (κ2) is 4.12. The maximum Gasteiger partial charge on any atom is 0.412 e. The molecule has 0 radical (unpaired) electrons. The van der Waals surface area contributed by atoms with Crippen molar-refractivity contribution < 1.29 is 22.8 Å². The van der Waals surface area contributed by atoms with Gasteiger partial charge in [0.1, 0.15) is 0 Å². The van der Waals surface area contributed by atoms with Crippen LogP contribution >= 0.6 is 0 Å². The lowest BCUT2D eigenvalue weighted by molar-refractivity contribution is -0.147. The fourth-order valence-corrected chi connectivity index (χ4v) is 2.29. The number of alkyl halides is 3. The van der Waals surface area contributed by atoms with E-state index in [1.165, 1.54) is 12.1 Å². The van der Waals surface area contributed by atoms with Gasteiger partial charge < -0.3 is 0 Å². The standard InChI is InChI=1S/C12H8F3N3O2/c13-12(14,15)8-5-9(17-16-8)18-10(19)6-3-1-2-4-7(6)11(18)20/h1-4,8-9H,5H2/t8-,9+/m1/s1. The number of nitrogens with zero attached hydrogens (tertiary/aromatic N) is 3. The molecule has 0 aliphatic carbocycles. The highest BCUT2D eigenvalue weighted by molar-refractivity contribution is 6.21. The summed E-state index contributed by atoms with van der Waals surface area (Å²) >= 11 is 0. The number of azo groups is 1. The zero-order chi connectivity index (χ0) is 14.5. The maximum absolute atomic E-state index is 12.5. The Labute approximate surface area is 111 Å². The van der Waals surface area contributed by atoms with Gasteiger partial charge in [-0.3, -0.25) is 9.59 Å². The Morgan fingerprint density at radius 3 is 2.05 bits per heavy atom. The van der Waals surface area contributed by atoms with E-state index in [1.807, 2.05) is 0 Å². The van der Waals surface area contributed by atoms with Crippen molar-refractivity contribution in [3.63, 3.8) is 0 Å². The number of hydrogen-bond acceptors (Lipinski definition) is 4. The van der Waals surface area contributed by atoms with Crippen molar-refractivity contribution in [3.8, 4) is 0 Å². The van der Waals surface area contributed by atoms with Crippen LogP contribution in [0.5, 0.6) is 0 Å². The third-order valence-corrected chi connectivity index (χ3v) is 3.27. The number of carbonyl (C=O) groups is 2. The van der Waals surface area contributed by atoms with Crippen molar-refractivity contribution in [2.75, 3.05) is 0 Å². The van der Waals surface area contributed by atoms with Crippen LogP contribution in [0.15, 0.2) is 34.5 Å². The van der Waals surface area contributed by atoms with Gasteiger partial charge in [-0.1, -0.05) is 12.1 Å². The first-order valence-electron chi connectivity index (χ1n) is 5.83. The molecule has 1 aromatic carbocycles. The summed E-state index contributed by atoms with van der Waals surface area (Å²) in [6.07, 6.45) is -6.22. The predicted octanol–water partition coefficient (Wildman–Crippen LogP) is 2.40. The lowest BCUT2D eigenvalue weighted by Crippen LogP contribution is -2.39. The van der Waals surface area contributed by atoms with Gasteiger partial charge in [0.25, 0.3) is 11.8 Å². The highest BCUT2D eigenvalue weighted by atomic mass is 19.4. The summed E-state index contributed by atoms with van der Waals surface area (Å²) < 4.78 is 37.6. The number of carbonyl (C=O) groups excluding carboxylic acids is 2. The molecule has 0 bridgehead atoms. The quantitative estimate of drug-likeness (QED) is 0.743. The van der Waals surface area contributed by atoms with Crippen molar-refractivity contribution in [3.05, 3.63) is 35.4 Å². The molecule has 20 heavy (non-hydrogen) atoms. The summed E-state index contributed by atoms with van der Waals surface area (Å²) in [5, 5.41) is 6.56. The summed E-state index contributed by atoms with van der Waals surface area (Å²) in [5.74, 6) is -1.25. The SMILES string of the molecule is O=C1c2ccccc2C(=O)N1[C@H]1C[C@H](C(F)(F)F)N=N1. The molecule has 5 nitrogen and oxygen atoms in total. The largest absolute Gasteiger partial charge is 0.412 e. The van der Waals surface area contributed by atoms with E-state index >= 15 is 0 Å². The first kappa shape index (κ1) is 12.8. The van der Waals surface area contributed by atoms with Crippen LogP contribution in [0.25, 0.3) is 0 Å². The van der Waals surface area contributed by atoms with Crippen LogP contribution in [0.1, 0.15) is 27.1 Å². The number of amides is 2.